The quantitative estimate of drug-likeness (QED) is 0.814. The molecule has 112 valence electrons. The number of rotatable bonds is 6. The lowest BCUT2D eigenvalue weighted by molar-refractivity contribution is 0.0603. The Morgan fingerprint density at radius 2 is 1.65 bits per heavy atom. The summed E-state index contributed by atoms with van der Waals surface area (Å²) >= 11 is 0. The molecule has 20 heavy (non-hydrogen) atoms. The molecule has 2 rings (SSSR count). The molecule has 1 aliphatic rings. The Morgan fingerprint density at radius 3 is 2.25 bits per heavy atom. The van der Waals surface area contributed by atoms with Crippen LogP contribution in [-0.4, -0.2) is 65.9 Å². The molecule has 1 aromatic carbocycles. The fourth-order valence-corrected chi connectivity index (χ4v) is 2.82. The highest BCUT2D eigenvalue weighted by molar-refractivity contribution is 5.17. The normalized spacial score (nSPS) is 20.8. The van der Waals surface area contributed by atoms with Crippen LogP contribution in [0.15, 0.2) is 30.3 Å². The van der Waals surface area contributed by atoms with E-state index in [1.165, 1.54) is 0 Å². The Hall–Kier alpha value is -0.940. The minimum atomic E-state index is -0.397. The maximum absolute atomic E-state index is 10.4. The van der Waals surface area contributed by atoms with Gasteiger partial charge in [-0.3, -0.25) is 4.90 Å². The van der Waals surface area contributed by atoms with E-state index in [0.29, 0.717) is 0 Å². The number of piperazine rings is 1. The molecule has 1 saturated heterocycles. The average Bonchev–Trinajstić information content (AvgIpc) is 2.49. The number of aliphatic hydroxyl groups is 2. The molecule has 1 aliphatic heterocycles. The lowest BCUT2D eigenvalue weighted by Crippen LogP contribution is -2.48. The fourth-order valence-electron chi connectivity index (χ4n) is 2.82. The van der Waals surface area contributed by atoms with Gasteiger partial charge in [0.25, 0.3) is 0 Å². The molecule has 1 heterocycles. The third-order valence-corrected chi connectivity index (χ3v) is 4.11. The summed E-state index contributed by atoms with van der Waals surface area (Å²) in [5.41, 5.74) is 0.999. The largest absolute Gasteiger partial charge is 0.395 e. The minimum Gasteiger partial charge on any atom is -0.395 e. The van der Waals surface area contributed by atoms with Crippen LogP contribution in [0.4, 0.5) is 0 Å². The van der Waals surface area contributed by atoms with Crippen molar-refractivity contribution in [3.8, 4) is 0 Å². The van der Waals surface area contributed by atoms with Crippen molar-refractivity contribution in [1.82, 2.24) is 9.80 Å². The molecular formula is C16H26N2O2. The second-order valence-electron chi connectivity index (χ2n) is 5.70. The van der Waals surface area contributed by atoms with Crippen LogP contribution in [0.25, 0.3) is 0 Å². The fraction of sp³-hybridized carbons (Fsp3) is 0.625. The predicted octanol–water partition coefficient (Wildman–Crippen LogP) is 0.966. The molecule has 4 nitrogen and oxygen atoms in total. The molecule has 0 amide bonds. The molecule has 0 bridgehead atoms. The van der Waals surface area contributed by atoms with Gasteiger partial charge in [0, 0.05) is 39.3 Å². The average molecular weight is 278 g/mol. The number of hydrogen-bond acceptors (Lipinski definition) is 4. The molecule has 0 spiro atoms. The first kappa shape index (κ1) is 15.4. The van der Waals surface area contributed by atoms with E-state index >= 15 is 0 Å². The Labute approximate surface area is 121 Å². The SMILES string of the molecule is CC(CN1CCN(CCO)CC1)C(O)c1ccccc1. The lowest BCUT2D eigenvalue weighted by atomic mass is 9.97. The number of nitrogens with zero attached hydrogens (tertiary/aromatic N) is 2. The topological polar surface area (TPSA) is 46.9 Å². The monoisotopic (exact) mass is 278 g/mol. The summed E-state index contributed by atoms with van der Waals surface area (Å²) in [6, 6.07) is 9.89. The second kappa shape index (κ2) is 7.74. The predicted molar refractivity (Wildman–Crippen MR) is 80.5 cm³/mol. The minimum absolute atomic E-state index is 0.224. The van der Waals surface area contributed by atoms with Crippen molar-refractivity contribution < 1.29 is 10.2 Å². The highest BCUT2D eigenvalue weighted by atomic mass is 16.3. The van der Waals surface area contributed by atoms with Crippen LogP contribution in [0.5, 0.6) is 0 Å². The summed E-state index contributed by atoms with van der Waals surface area (Å²) in [7, 11) is 0. The van der Waals surface area contributed by atoms with Gasteiger partial charge in [-0.15, -0.1) is 0 Å². The number of hydrogen-bond donors (Lipinski definition) is 2. The van der Waals surface area contributed by atoms with Crippen molar-refractivity contribution in [2.45, 2.75) is 13.0 Å². The second-order valence-corrected chi connectivity index (χ2v) is 5.70. The Bertz CT molecular complexity index is 377. The van der Waals surface area contributed by atoms with Crippen molar-refractivity contribution in [2.24, 2.45) is 5.92 Å². The molecule has 2 unspecified atom stereocenters. The van der Waals surface area contributed by atoms with Crippen molar-refractivity contribution in [3.63, 3.8) is 0 Å². The zero-order chi connectivity index (χ0) is 14.4. The van der Waals surface area contributed by atoms with Crippen molar-refractivity contribution >= 4 is 0 Å². The van der Waals surface area contributed by atoms with E-state index in [-0.39, 0.29) is 12.5 Å². The van der Waals surface area contributed by atoms with Gasteiger partial charge < -0.3 is 15.1 Å². The van der Waals surface area contributed by atoms with Gasteiger partial charge in [-0.05, 0) is 11.5 Å². The van der Waals surface area contributed by atoms with Crippen LogP contribution in [0, 0.1) is 5.92 Å². The summed E-state index contributed by atoms with van der Waals surface area (Å²) in [6.45, 7) is 8.10. The molecule has 0 radical (unpaired) electrons. The summed E-state index contributed by atoms with van der Waals surface area (Å²) in [5, 5.41) is 19.3. The van der Waals surface area contributed by atoms with Gasteiger partial charge in [0.1, 0.15) is 0 Å². The Morgan fingerprint density at radius 1 is 1.05 bits per heavy atom. The van der Waals surface area contributed by atoms with Gasteiger partial charge >= 0.3 is 0 Å². The molecule has 0 aromatic heterocycles. The van der Waals surface area contributed by atoms with Crippen molar-refractivity contribution in [3.05, 3.63) is 35.9 Å². The van der Waals surface area contributed by atoms with Crippen molar-refractivity contribution in [2.75, 3.05) is 45.9 Å². The van der Waals surface area contributed by atoms with Crippen molar-refractivity contribution in [1.29, 1.82) is 0 Å². The highest BCUT2D eigenvalue weighted by Crippen LogP contribution is 2.22. The summed E-state index contributed by atoms with van der Waals surface area (Å²) in [4.78, 5) is 4.69. The van der Waals surface area contributed by atoms with Crippen LogP contribution in [0.3, 0.4) is 0 Å². The number of β-amino-alcohol motifs (C(OH)–C–C–N with tert-alkyl or cyclic N) is 1. The maximum Gasteiger partial charge on any atom is 0.0827 e. The molecule has 0 aliphatic carbocycles. The Kier molecular flexibility index (Phi) is 5.98. The van der Waals surface area contributed by atoms with Crippen LogP contribution in [-0.2, 0) is 0 Å². The standard InChI is InChI=1S/C16H26N2O2/c1-14(16(20)15-5-3-2-4-6-15)13-18-9-7-17(8-10-18)11-12-19/h2-6,14,16,19-20H,7-13H2,1H3. The van der Waals surface area contributed by atoms with Gasteiger partial charge in [0.15, 0.2) is 0 Å². The first-order valence-corrected chi connectivity index (χ1v) is 7.49. The zero-order valence-corrected chi connectivity index (χ0v) is 12.3. The van der Waals surface area contributed by atoms with Gasteiger partial charge in [0.2, 0.25) is 0 Å². The summed E-state index contributed by atoms with van der Waals surface area (Å²) < 4.78 is 0. The summed E-state index contributed by atoms with van der Waals surface area (Å²) in [6.07, 6.45) is -0.397. The van der Waals surface area contributed by atoms with Gasteiger partial charge in [-0.25, -0.2) is 0 Å². The third-order valence-electron chi connectivity index (χ3n) is 4.11. The van der Waals surface area contributed by atoms with Crippen LogP contribution >= 0.6 is 0 Å². The molecule has 1 fully saturated rings. The third kappa shape index (κ3) is 4.28. The van der Waals surface area contributed by atoms with E-state index in [0.717, 1.165) is 44.8 Å². The van der Waals surface area contributed by atoms with E-state index < -0.39 is 6.10 Å². The lowest BCUT2D eigenvalue weighted by Gasteiger charge is -2.36. The maximum atomic E-state index is 10.4. The van der Waals surface area contributed by atoms with E-state index in [1.54, 1.807) is 0 Å². The molecular weight excluding hydrogens is 252 g/mol. The van der Waals surface area contributed by atoms with E-state index in [9.17, 15) is 5.11 Å². The Balaban J connectivity index is 1.79. The molecule has 4 heteroatoms. The first-order valence-electron chi connectivity index (χ1n) is 7.49. The molecule has 2 atom stereocenters. The van der Waals surface area contributed by atoms with Gasteiger partial charge in [0.05, 0.1) is 12.7 Å². The smallest absolute Gasteiger partial charge is 0.0827 e. The van der Waals surface area contributed by atoms with Crippen LogP contribution < -0.4 is 0 Å². The molecule has 0 saturated carbocycles. The van der Waals surface area contributed by atoms with Gasteiger partial charge in [-0.1, -0.05) is 37.3 Å². The first-order chi connectivity index (χ1) is 9.70. The summed E-state index contributed by atoms with van der Waals surface area (Å²) in [5.74, 6) is 0.224. The molecule has 1 aromatic rings. The van der Waals surface area contributed by atoms with Crippen LogP contribution in [0.1, 0.15) is 18.6 Å². The van der Waals surface area contributed by atoms with E-state index in [4.69, 9.17) is 5.11 Å². The number of benzene rings is 1. The zero-order valence-electron chi connectivity index (χ0n) is 12.3. The molecule has 2 N–H and O–H groups in total. The van der Waals surface area contributed by atoms with E-state index in [1.807, 2.05) is 30.3 Å². The number of aliphatic hydroxyl groups excluding tert-OH is 2. The van der Waals surface area contributed by atoms with Gasteiger partial charge in [-0.2, -0.15) is 0 Å². The van der Waals surface area contributed by atoms with E-state index in [2.05, 4.69) is 16.7 Å². The highest BCUT2D eigenvalue weighted by Gasteiger charge is 2.22. The van der Waals surface area contributed by atoms with Crippen LogP contribution in [0.2, 0.25) is 0 Å².